The highest BCUT2D eigenvalue weighted by atomic mass is 16.6. The van der Waals surface area contributed by atoms with Crippen LogP contribution in [0.25, 0.3) is 0 Å². The second kappa shape index (κ2) is 61.9. The first-order valence-electron chi connectivity index (χ1n) is 31.2. The molecule has 0 radical (unpaired) electrons. The van der Waals surface area contributed by atoms with Crippen LogP contribution in [0.1, 0.15) is 297 Å². The molecule has 0 heterocycles. The Kier molecular flexibility index (Phi) is 58.8. The third-order valence-electron chi connectivity index (χ3n) is 13.3. The highest BCUT2D eigenvalue weighted by molar-refractivity contribution is 5.71. The molecule has 0 amide bonds. The fourth-order valence-electron chi connectivity index (χ4n) is 8.72. The average molecular weight is 1030 g/mol. The summed E-state index contributed by atoms with van der Waals surface area (Å²) in [6.07, 6.45) is 82.7. The van der Waals surface area contributed by atoms with Crippen molar-refractivity contribution in [1.82, 2.24) is 0 Å². The molecule has 0 rings (SSSR count). The number of allylic oxidation sites excluding steroid dienone is 16. The van der Waals surface area contributed by atoms with E-state index in [1.54, 1.807) is 0 Å². The normalized spacial score (nSPS) is 12.7. The van der Waals surface area contributed by atoms with Gasteiger partial charge in [-0.05, 0) is 96.3 Å². The number of esters is 3. The number of rotatable bonds is 56. The van der Waals surface area contributed by atoms with Gasteiger partial charge in [0.2, 0.25) is 0 Å². The molecular formula is C68H116O6. The SMILES string of the molecule is CC/C=C\C/C=C\C/C=C\C/C=C\C/C=C\CCCCCCCCCCCCCC(=O)OCC(COC(=O)CCCCC/C=C\C/C=C\C/C=C\CC)OC(=O)CCCCCCCCCCCCCCCCCC. The first kappa shape index (κ1) is 70.3. The molecular weight excluding hydrogens is 913 g/mol. The first-order valence-corrected chi connectivity index (χ1v) is 31.2. The number of carbonyl (C=O) groups is 3. The lowest BCUT2D eigenvalue weighted by Crippen LogP contribution is -2.30. The van der Waals surface area contributed by atoms with Gasteiger partial charge in [0, 0.05) is 19.3 Å². The topological polar surface area (TPSA) is 78.9 Å². The molecule has 0 aromatic carbocycles. The number of ether oxygens (including phenoxy) is 3. The van der Waals surface area contributed by atoms with Gasteiger partial charge < -0.3 is 14.2 Å². The Hall–Kier alpha value is -3.67. The molecule has 424 valence electrons. The van der Waals surface area contributed by atoms with Gasteiger partial charge in [-0.25, -0.2) is 0 Å². The average Bonchev–Trinajstić information content (AvgIpc) is 3.40. The van der Waals surface area contributed by atoms with E-state index in [9.17, 15) is 14.4 Å². The molecule has 1 unspecified atom stereocenters. The molecule has 1 atom stereocenters. The van der Waals surface area contributed by atoms with Crippen LogP contribution in [-0.2, 0) is 28.6 Å². The fourth-order valence-corrected chi connectivity index (χ4v) is 8.72. The zero-order valence-corrected chi connectivity index (χ0v) is 48.6. The molecule has 0 spiro atoms. The molecule has 6 nitrogen and oxygen atoms in total. The third kappa shape index (κ3) is 59.2. The standard InChI is InChI=1S/C68H116O6/c1-4-7-10-13-16-19-22-25-27-29-30-31-32-33-34-35-36-37-38-39-41-43-46-49-52-55-58-61-67(70)73-64-65(63-72-66(69)60-57-54-51-48-45-42-24-21-18-15-12-9-6-3)74-68(71)62-59-56-53-50-47-44-40-28-26-23-20-17-14-11-8-5-2/h7,9-10,12,16,18-19,21,25,27,30-31,33-34,42,45,65H,4-6,8,11,13-15,17,20,22-24,26,28-29,32,35-41,43-44,46-64H2,1-3H3/b10-7-,12-9-,19-16-,21-18-,27-25-,31-30-,34-33-,45-42-. The number of carbonyl (C=O) groups excluding carboxylic acids is 3. The van der Waals surface area contributed by atoms with Crippen LogP contribution in [0.4, 0.5) is 0 Å². The Morgan fingerprint density at radius 2 is 0.527 bits per heavy atom. The van der Waals surface area contributed by atoms with Gasteiger partial charge in [0.1, 0.15) is 13.2 Å². The molecule has 0 aliphatic heterocycles. The van der Waals surface area contributed by atoms with Crippen LogP contribution in [0.2, 0.25) is 0 Å². The maximum absolute atomic E-state index is 12.9. The minimum Gasteiger partial charge on any atom is -0.462 e. The van der Waals surface area contributed by atoms with Crippen LogP contribution in [0.5, 0.6) is 0 Å². The second-order valence-corrected chi connectivity index (χ2v) is 20.6. The summed E-state index contributed by atoms with van der Waals surface area (Å²) in [5.41, 5.74) is 0. The van der Waals surface area contributed by atoms with Crippen LogP contribution < -0.4 is 0 Å². The third-order valence-corrected chi connectivity index (χ3v) is 13.3. The highest BCUT2D eigenvalue weighted by Crippen LogP contribution is 2.16. The minimum absolute atomic E-state index is 0.0862. The molecule has 0 aromatic rings. The largest absolute Gasteiger partial charge is 0.462 e. The van der Waals surface area contributed by atoms with Crippen molar-refractivity contribution in [3.8, 4) is 0 Å². The molecule has 0 bridgehead atoms. The van der Waals surface area contributed by atoms with E-state index in [0.717, 1.165) is 116 Å². The maximum atomic E-state index is 12.9. The highest BCUT2D eigenvalue weighted by Gasteiger charge is 2.19. The lowest BCUT2D eigenvalue weighted by molar-refractivity contribution is -0.167. The van der Waals surface area contributed by atoms with Crippen molar-refractivity contribution in [2.45, 2.75) is 303 Å². The van der Waals surface area contributed by atoms with Crippen molar-refractivity contribution in [3.63, 3.8) is 0 Å². The fraction of sp³-hybridized carbons (Fsp3) is 0.721. The summed E-state index contributed by atoms with van der Waals surface area (Å²) >= 11 is 0. The number of hydrogen-bond donors (Lipinski definition) is 0. The van der Waals surface area contributed by atoms with E-state index in [0.29, 0.717) is 19.3 Å². The van der Waals surface area contributed by atoms with Gasteiger partial charge in [0.15, 0.2) is 6.10 Å². The van der Waals surface area contributed by atoms with Gasteiger partial charge >= 0.3 is 17.9 Å². The van der Waals surface area contributed by atoms with Gasteiger partial charge in [0.25, 0.3) is 0 Å². The van der Waals surface area contributed by atoms with Crippen molar-refractivity contribution in [2.24, 2.45) is 0 Å². The van der Waals surface area contributed by atoms with E-state index in [2.05, 4.69) is 118 Å². The van der Waals surface area contributed by atoms with E-state index < -0.39 is 6.10 Å². The van der Waals surface area contributed by atoms with Gasteiger partial charge in [0.05, 0.1) is 0 Å². The Morgan fingerprint density at radius 1 is 0.284 bits per heavy atom. The van der Waals surface area contributed by atoms with Gasteiger partial charge in [-0.1, -0.05) is 279 Å². The first-order chi connectivity index (χ1) is 36.5. The van der Waals surface area contributed by atoms with Crippen LogP contribution in [-0.4, -0.2) is 37.2 Å². The lowest BCUT2D eigenvalue weighted by atomic mass is 10.0. The van der Waals surface area contributed by atoms with Crippen molar-refractivity contribution in [1.29, 1.82) is 0 Å². The molecule has 0 saturated carbocycles. The van der Waals surface area contributed by atoms with E-state index >= 15 is 0 Å². The molecule has 0 aliphatic rings. The summed E-state index contributed by atoms with van der Waals surface area (Å²) in [5, 5.41) is 0. The van der Waals surface area contributed by atoms with Gasteiger partial charge in [-0.2, -0.15) is 0 Å². The number of hydrogen-bond acceptors (Lipinski definition) is 6. The van der Waals surface area contributed by atoms with Crippen LogP contribution >= 0.6 is 0 Å². The van der Waals surface area contributed by atoms with Crippen LogP contribution in [0.15, 0.2) is 97.2 Å². The molecule has 6 heteroatoms. The number of unbranched alkanes of at least 4 members (excludes halogenated alkanes) is 29. The zero-order valence-electron chi connectivity index (χ0n) is 48.6. The van der Waals surface area contributed by atoms with Crippen LogP contribution in [0, 0.1) is 0 Å². The van der Waals surface area contributed by atoms with Crippen molar-refractivity contribution < 1.29 is 28.6 Å². The Balaban J connectivity index is 4.29. The van der Waals surface area contributed by atoms with E-state index in [-0.39, 0.29) is 31.1 Å². The lowest BCUT2D eigenvalue weighted by Gasteiger charge is -2.18. The molecule has 74 heavy (non-hydrogen) atoms. The zero-order chi connectivity index (χ0) is 53.6. The van der Waals surface area contributed by atoms with E-state index in [4.69, 9.17) is 14.2 Å². The molecule has 0 N–H and O–H groups in total. The summed E-state index contributed by atoms with van der Waals surface area (Å²) in [4.78, 5) is 38.2. The summed E-state index contributed by atoms with van der Waals surface area (Å²) in [7, 11) is 0. The monoisotopic (exact) mass is 1030 g/mol. The molecule has 0 saturated heterocycles. The smallest absolute Gasteiger partial charge is 0.306 e. The summed E-state index contributed by atoms with van der Waals surface area (Å²) in [6, 6.07) is 0. The molecule has 0 aromatic heterocycles. The minimum atomic E-state index is -0.790. The maximum Gasteiger partial charge on any atom is 0.306 e. The summed E-state index contributed by atoms with van der Waals surface area (Å²) in [5.74, 6) is -0.909. The Labute approximate surface area is 457 Å². The van der Waals surface area contributed by atoms with Crippen molar-refractivity contribution in [3.05, 3.63) is 97.2 Å². The quantitative estimate of drug-likeness (QED) is 0.0261. The second-order valence-electron chi connectivity index (χ2n) is 20.6. The molecule has 0 fully saturated rings. The Bertz CT molecular complexity index is 1460. The van der Waals surface area contributed by atoms with E-state index in [1.165, 1.54) is 141 Å². The van der Waals surface area contributed by atoms with Crippen molar-refractivity contribution in [2.75, 3.05) is 13.2 Å². The molecule has 0 aliphatic carbocycles. The van der Waals surface area contributed by atoms with Crippen molar-refractivity contribution >= 4 is 17.9 Å². The predicted molar refractivity (Wildman–Crippen MR) is 320 cm³/mol. The Morgan fingerprint density at radius 3 is 0.838 bits per heavy atom. The van der Waals surface area contributed by atoms with Crippen LogP contribution in [0.3, 0.4) is 0 Å². The summed E-state index contributed by atoms with van der Waals surface area (Å²) < 4.78 is 16.9. The van der Waals surface area contributed by atoms with Gasteiger partial charge in [-0.3, -0.25) is 14.4 Å². The van der Waals surface area contributed by atoms with Gasteiger partial charge in [-0.15, -0.1) is 0 Å². The van der Waals surface area contributed by atoms with E-state index in [1.807, 2.05) is 0 Å². The predicted octanol–water partition coefficient (Wildman–Crippen LogP) is 21.3. The summed E-state index contributed by atoms with van der Waals surface area (Å²) in [6.45, 7) is 6.41.